The van der Waals surface area contributed by atoms with Crippen molar-refractivity contribution >= 4 is 29.2 Å². The first-order chi connectivity index (χ1) is 16.0. The Bertz CT molecular complexity index is 1080. The fraction of sp³-hybridized carbons (Fsp3) is 0.417. The Morgan fingerprint density at radius 3 is 2.55 bits per heavy atom. The highest BCUT2D eigenvalue weighted by Gasteiger charge is 2.41. The molecule has 1 aliphatic rings. The molecule has 1 heterocycles. The van der Waals surface area contributed by atoms with E-state index in [1.54, 1.807) is 6.92 Å². The number of halogens is 2. The summed E-state index contributed by atoms with van der Waals surface area (Å²) in [4.78, 5) is 12.2. The number of ether oxygens (including phenoxy) is 1. The Morgan fingerprint density at radius 2 is 1.85 bits per heavy atom. The van der Waals surface area contributed by atoms with Gasteiger partial charge >= 0.3 is 5.97 Å². The first kappa shape index (κ1) is 23.7. The van der Waals surface area contributed by atoms with Crippen LogP contribution in [-0.2, 0) is 15.1 Å². The number of rotatable bonds is 8. The molecule has 0 spiro atoms. The van der Waals surface area contributed by atoms with E-state index in [0.717, 1.165) is 43.2 Å². The van der Waals surface area contributed by atoms with Gasteiger partial charge in [-0.3, -0.25) is 10.1 Å². The van der Waals surface area contributed by atoms with Crippen LogP contribution in [0.2, 0.25) is 10.0 Å². The Morgan fingerprint density at radius 1 is 1.12 bits per heavy atom. The molecule has 7 nitrogen and oxygen atoms in total. The number of nitrogens with zero attached hydrogens (tertiary/aromatic N) is 4. The van der Waals surface area contributed by atoms with E-state index < -0.39 is 5.54 Å². The summed E-state index contributed by atoms with van der Waals surface area (Å²) < 4.78 is 6.98. The number of carbonyl (C=O) groups excluding carboxylic acids is 1. The quantitative estimate of drug-likeness (QED) is 0.453. The molecular weight excluding hydrogens is 461 g/mol. The summed E-state index contributed by atoms with van der Waals surface area (Å²) in [5.41, 5.74) is 1.30. The predicted octanol–water partition coefficient (Wildman–Crippen LogP) is 4.93. The zero-order chi connectivity index (χ0) is 23.3. The van der Waals surface area contributed by atoms with Gasteiger partial charge < -0.3 is 4.74 Å². The van der Waals surface area contributed by atoms with Gasteiger partial charge in [-0.1, -0.05) is 72.8 Å². The fourth-order valence-electron chi connectivity index (χ4n) is 4.57. The van der Waals surface area contributed by atoms with Crippen LogP contribution in [0.25, 0.3) is 0 Å². The molecule has 9 heteroatoms. The number of benzene rings is 2. The van der Waals surface area contributed by atoms with Gasteiger partial charge in [-0.05, 0) is 59.5 Å². The standard InChI is InChI=1S/C24H27Cl2N5O2/c1-2-33-21(32)16-27-24(14-6-3-7-15-24)23-28-29-30-31(23)22(17-10-12-18(25)13-11-17)19-8-4-5-9-20(19)26/h4-5,8-13,22,27H,2-3,6-7,14-16H2,1H3. The fourth-order valence-corrected chi connectivity index (χ4v) is 4.93. The number of tetrazole rings is 1. The number of hydrogen-bond acceptors (Lipinski definition) is 6. The number of nitrogens with one attached hydrogen (secondary N) is 1. The van der Waals surface area contributed by atoms with Gasteiger partial charge in [0.15, 0.2) is 5.82 Å². The van der Waals surface area contributed by atoms with E-state index in [1.165, 1.54) is 0 Å². The number of esters is 1. The molecule has 1 saturated carbocycles. The summed E-state index contributed by atoms with van der Waals surface area (Å²) in [5.74, 6) is 0.396. The van der Waals surface area contributed by atoms with E-state index in [0.29, 0.717) is 22.5 Å². The molecule has 0 radical (unpaired) electrons. The summed E-state index contributed by atoms with van der Waals surface area (Å²) in [5, 5.41) is 17.7. The average molecular weight is 488 g/mol. The van der Waals surface area contributed by atoms with Gasteiger partial charge in [-0.2, -0.15) is 0 Å². The van der Waals surface area contributed by atoms with Crippen LogP contribution in [0.1, 0.15) is 62.0 Å². The second-order valence-electron chi connectivity index (χ2n) is 8.22. The van der Waals surface area contributed by atoms with E-state index in [1.807, 2.05) is 53.2 Å². The van der Waals surface area contributed by atoms with Gasteiger partial charge in [0.05, 0.1) is 18.7 Å². The monoisotopic (exact) mass is 487 g/mol. The molecule has 4 rings (SSSR count). The van der Waals surface area contributed by atoms with Crippen LogP contribution in [0.4, 0.5) is 0 Å². The number of carbonyl (C=O) groups is 1. The van der Waals surface area contributed by atoms with E-state index in [9.17, 15) is 4.79 Å². The van der Waals surface area contributed by atoms with Gasteiger partial charge in [0.25, 0.3) is 0 Å². The molecule has 1 unspecified atom stereocenters. The van der Waals surface area contributed by atoms with Crippen molar-refractivity contribution < 1.29 is 9.53 Å². The lowest BCUT2D eigenvalue weighted by atomic mass is 9.80. The highest BCUT2D eigenvalue weighted by atomic mass is 35.5. The van der Waals surface area contributed by atoms with E-state index in [2.05, 4.69) is 20.8 Å². The topological polar surface area (TPSA) is 81.9 Å². The maximum absolute atomic E-state index is 12.2. The summed E-state index contributed by atoms with van der Waals surface area (Å²) in [7, 11) is 0. The van der Waals surface area contributed by atoms with Crippen LogP contribution in [0, 0.1) is 0 Å². The molecule has 2 aromatic carbocycles. The van der Waals surface area contributed by atoms with Crippen LogP contribution >= 0.6 is 23.2 Å². The maximum Gasteiger partial charge on any atom is 0.319 e. The largest absolute Gasteiger partial charge is 0.465 e. The van der Waals surface area contributed by atoms with E-state index >= 15 is 0 Å². The van der Waals surface area contributed by atoms with Crippen LogP contribution in [-0.4, -0.2) is 39.3 Å². The predicted molar refractivity (Wildman–Crippen MR) is 127 cm³/mol. The highest BCUT2D eigenvalue weighted by molar-refractivity contribution is 6.31. The smallest absolute Gasteiger partial charge is 0.319 e. The molecule has 1 atom stereocenters. The number of aromatic nitrogens is 4. The molecular formula is C24H27Cl2N5O2. The van der Waals surface area contributed by atoms with E-state index in [-0.39, 0.29) is 18.6 Å². The van der Waals surface area contributed by atoms with Gasteiger partial charge in [0.1, 0.15) is 6.04 Å². The van der Waals surface area contributed by atoms with Crippen molar-refractivity contribution in [2.75, 3.05) is 13.2 Å². The van der Waals surface area contributed by atoms with Crippen molar-refractivity contribution in [2.45, 2.75) is 50.6 Å². The zero-order valence-corrected chi connectivity index (χ0v) is 20.0. The Balaban J connectivity index is 1.80. The van der Waals surface area contributed by atoms with Gasteiger partial charge in [0.2, 0.25) is 0 Å². The first-order valence-corrected chi connectivity index (χ1v) is 12.0. The Kier molecular flexibility index (Phi) is 7.63. The molecule has 0 amide bonds. The van der Waals surface area contributed by atoms with Crippen molar-refractivity contribution in [2.24, 2.45) is 0 Å². The van der Waals surface area contributed by atoms with Crippen LogP contribution in [0.3, 0.4) is 0 Å². The minimum atomic E-state index is -0.541. The third-order valence-corrected chi connectivity index (χ3v) is 6.73. The molecule has 3 aromatic rings. The van der Waals surface area contributed by atoms with Crippen LogP contribution in [0.5, 0.6) is 0 Å². The van der Waals surface area contributed by atoms with Crippen molar-refractivity contribution in [3.8, 4) is 0 Å². The first-order valence-electron chi connectivity index (χ1n) is 11.2. The molecule has 0 aliphatic heterocycles. The normalized spacial score (nSPS) is 16.3. The molecule has 0 bridgehead atoms. The summed E-state index contributed by atoms with van der Waals surface area (Å²) in [6.07, 6.45) is 4.81. The SMILES string of the molecule is CCOC(=O)CNC1(c2nnnn2C(c2ccc(Cl)cc2)c2ccccc2Cl)CCCCC1. The molecule has 33 heavy (non-hydrogen) atoms. The maximum atomic E-state index is 12.2. The second-order valence-corrected chi connectivity index (χ2v) is 9.07. The van der Waals surface area contributed by atoms with Gasteiger partial charge in [-0.15, -0.1) is 5.10 Å². The lowest BCUT2D eigenvalue weighted by molar-refractivity contribution is -0.142. The van der Waals surface area contributed by atoms with Crippen molar-refractivity contribution in [3.05, 3.63) is 75.5 Å². The highest BCUT2D eigenvalue weighted by Crippen LogP contribution is 2.39. The summed E-state index contributed by atoms with van der Waals surface area (Å²) in [6.45, 7) is 2.24. The zero-order valence-electron chi connectivity index (χ0n) is 18.5. The molecule has 1 fully saturated rings. The summed E-state index contributed by atoms with van der Waals surface area (Å²) in [6, 6.07) is 14.9. The van der Waals surface area contributed by atoms with Crippen molar-refractivity contribution in [1.82, 2.24) is 25.5 Å². The minimum Gasteiger partial charge on any atom is -0.465 e. The van der Waals surface area contributed by atoms with Gasteiger partial charge in [0, 0.05) is 10.0 Å². The third-order valence-electron chi connectivity index (χ3n) is 6.13. The number of hydrogen-bond donors (Lipinski definition) is 1. The molecule has 1 aromatic heterocycles. The van der Waals surface area contributed by atoms with Crippen molar-refractivity contribution in [1.29, 1.82) is 0 Å². The van der Waals surface area contributed by atoms with Crippen LogP contribution in [0.15, 0.2) is 48.5 Å². The van der Waals surface area contributed by atoms with Gasteiger partial charge in [-0.25, -0.2) is 4.68 Å². The second kappa shape index (κ2) is 10.6. The Labute approximate surface area is 203 Å². The van der Waals surface area contributed by atoms with Crippen LogP contribution < -0.4 is 5.32 Å². The van der Waals surface area contributed by atoms with Crippen molar-refractivity contribution in [3.63, 3.8) is 0 Å². The average Bonchev–Trinajstić information content (AvgIpc) is 3.31. The Hall–Kier alpha value is -2.48. The summed E-state index contributed by atoms with van der Waals surface area (Å²) >= 11 is 12.8. The molecule has 1 aliphatic carbocycles. The van der Waals surface area contributed by atoms with E-state index in [4.69, 9.17) is 27.9 Å². The lowest BCUT2D eigenvalue weighted by Crippen LogP contribution is -2.48. The third kappa shape index (κ3) is 5.21. The molecule has 0 saturated heterocycles. The lowest BCUT2D eigenvalue weighted by Gasteiger charge is -2.37. The molecule has 1 N–H and O–H groups in total. The minimum absolute atomic E-state index is 0.0956. The molecule has 174 valence electrons.